The van der Waals surface area contributed by atoms with Crippen LogP contribution in [0, 0.1) is 0 Å². The predicted molar refractivity (Wildman–Crippen MR) is 88.6 cm³/mol. The molecule has 0 unspecified atom stereocenters. The van der Waals surface area contributed by atoms with Gasteiger partial charge >= 0.3 is 0 Å². The van der Waals surface area contributed by atoms with E-state index in [1.165, 1.54) is 5.56 Å². The van der Waals surface area contributed by atoms with Crippen LogP contribution in [-0.4, -0.2) is 10.1 Å². The van der Waals surface area contributed by atoms with Gasteiger partial charge in [-0.2, -0.15) is 0 Å². The highest BCUT2D eigenvalue weighted by Crippen LogP contribution is 2.33. The molecular weight excluding hydrogens is 278 g/mol. The van der Waals surface area contributed by atoms with Gasteiger partial charge in [0.15, 0.2) is 0 Å². The van der Waals surface area contributed by atoms with E-state index in [2.05, 4.69) is 36.2 Å². The fraction of sp³-hybridized carbons (Fsp3) is 0.167. The standard InChI is InChI=1S/C18H17NOS/c1-2-5-13-8-10-14(11-9-13)16-12-21-18(19-16)15-6-3-4-7-17(15)20/h3-4,6-12,20H,2,5H2,1H3. The summed E-state index contributed by atoms with van der Waals surface area (Å²) in [6.07, 6.45) is 2.27. The number of aryl methyl sites for hydroxylation is 1. The Morgan fingerprint density at radius 3 is 2.52 bits per heavy atom. The summed E-state index contributed by atoms with van der Waals surface area (Å²) in [6.45, 7) is 2.19. The van der Waals surface area contributed by atoms with Gasteiger partial charge in [0.1, 0.15) is 10.8 Å². The minimum atomic E-state index is 0.275. The topological polar surface area (TPSA) is 33.1 Å². The molecule has 2 aromatic carbocycles. The Kier molecular flexibility index (Phi) is 4.02. The molecule has 1 N–H and O–H groups in total. The summed E-state index contributed by atoms with van der Waals surface area (Å²) in [5.41, 5.74) is 4.22. The van der Waals surface area contributed by atoms with Crippen LogP contribution in [0.4, 0.5) is 0 Å². The first-order chi connectivity index (χ1) is 10.3. The lowest BCUT2D eigenvalue weighted by Gasteiger charge is -2.01. The molecule has 2 nitrogen and oxygen atoms in total. The molecule has 0 bridgehead atoms. The van der Waals surface area contributed by atoms with Gasteiger partial charge in [-0.1, -0.05) is 49.7 Å². The minimum absolute atomic E-state index is 0.275. The van der Waals surface area contributed by atoms with Gasteiger partial charge in [0, 0.05) is 10.9 Å². The molecule has 0 aliphatic carbocycles. The normalized spacial score (nSPS) is 10.7. The summed E-state index contributed by atoms with van der Waals surface area (Å²) in [6, 6.07) is 15.9. The molecule has 0 atom stereocenters. The maximum absolute atomic E-state index is 9.91. The third-order valence-electron chi connectivity index (χ3n) is 3.43. The predicted octanol–water partition coefficient (Wildman–Crippen LogP) is 5.14. The zero-order chi connectivity index (χ0) is 14.7. The third-order valence-corrected chi connectivity index (χ3v) is 4.30. The second-order valence-electron chi connectivity index (χ2n) is 5.00. The van der Waals surface area contributed by atoms with Gasteiger partial charge < -0.3 is 5.11 Å². The number of hydrogen-bond acceptors (Lipinski definition) is 3. The third kappa shape index (κ3) is 2.98. The number of rotatable bonds is 4. The van der Waals surface area contributed by atoms with Crippen LogP contribution in [0.1, 0.15) is 18.9 Å². The number of benzene rings is 2. The molecule has 1 heterocycles. The van der Waals surface area contributed by atoms with Crippen molar-refractivity contribution in [3.8, 4) is 27.6 Å². The van der Waals surface area contributed by atoms with E-state index in [4.69, 9.17) is 0 Å². The summed E-state index contributed by atoms with van der Waals surface area (Å²) < 4.78 is 0. The number of aromatic nitrogens is 1. The van der Waals surface area contributed by atoms with E-state index >= 15 is 0 Å². The van der Waals surface area contributed by atoms with Crippen molar-refractivity contribution in [2.45, 2.75) is 19.8 Å². The molecule has 1 aromatic heterocycles. The van der Waals surface area contributed by atoms with Crippen molar-refractivity contribution in [1.29, 1.82) is 0 Å². The Labute approximate surface area is 128 Å². The number of aromatic hydroxyl groups is 1. The molecule has 0 spiro atoms. The van der Waals surface area contributed by atoms with Crippen LogP contribution in [0.2, 0.25) is 0 Å². The van der Waals surface area contributed by atoms with Crippen LogP contribution in [0.5, 0.6) is 5.75 Å². The number of hydrogen-bond donors (Lipinski definition) is 1. The van der Waals surface area contributed by atoms with Gasteiger partial charge in [-0.15, -0.1) is 11.3 Å². The lowest BCUT2D eigenvalue weighted by Crippen LogP contribution is -1.84. The molecule has 0 aliphatic heterocycles. The van der Waals surface area contributed by atoms with Crippen LogP contribution in [0.25, 0.3) is 21.8 Å². The summed E-state index contributed by atoms with van der Waals surface area (Å²) in [5.74, 6) is 0.275. The van der Waals surface area contributed by atoms with E-state index in [0.29, 0.717) is 0 Å². The SMILES string of the molecule is CCCc1ccc(-c2csc(-c3ccccc3O)n2)cc1. The van der Waals surface area contributed by atoms with Crippen molar-refractivity contribution in [2.75, 3.05) is 0 Å². The molecule has 21 heavy (non-hydrogen) atoms. The van der Waals surface area contributed by atoms with Gasteiger partial charge in [-0.3, -0.25) is 0 Å². The molecule has 3 aromatic rings. The van der Waals surface area contributed by atoms with E-state index in [9.17, 15) is 5.11 Å². The number of phenols is 1. The van der Waals surface area contributed by atoms with Gasteiger partial charge in [0.25, 0.3) is 0 Å². The maximum Gasteiger partial charge on any atom is 0.127 e. The summed E-state index contributed by atoms with van der Waals surface area (Å²) in [5, 5.41) is 12.8. The first-order valence-corrected chi connectivity index (χ1v) is 7.99. The molecule has 0 saturated heterocycles. The number of para-hydroxylation sites is 1. The van der Waals surface area contributed by atoms with E-state index in [1.54, 1.807) is 17.4 Å². The molecule has 3 rings (SSSR count). The van der Waals surface area contributed by atoms with Crippen molar-refractivity contribution >= 4 is 11.3 Å². The van der Waals surface area contributed by atoms with Gasteiger partial charge in [0.2, 0.25) is 0 Å². The molecule has 3 heteroatoms. The largest absolute Gasteiger partial charge is 0.507 e. The Morgan fingerprint density at radius 1 is 1.05 bits per heavy atom. The Bertz CT molecular complexity index is 731. The van der Waals surface area contributed by atoms with Crippen LogP contribution in [-0.2, 0) is 6.42 Å². The van der Waals surface area contributed by atoms with Crippen molar-refractivity contribution in [2.24, 2.45) is 0 Å². The van der Waals surface area contributed by atoms with Crippen LogP contribution >= 0.6 is 11.3 Å². The zero-order valence-corrected chi connectivity index (χ0v) is 12.7. The van der Waals surface area contributed by atoms with Crippen LogP contribution in [0.3, 0.4) is 0 Å². The first kappa shape index (κ1) is 13.8. The Hall–Kier alpha value is -2.13. The molecule has 0 aliphatic rings. The van der Waals surface area contributed by atoms with Crippen molar-refractivity contribution in [3.05, 3.63) is 59.5 Å². The number of nitrogens with zero attached hydrogens (tertiary/aromatic N) is 1. The highest BCUT2D eigenvalue weighted by molar-refractivity contribution is 7.13. The molecule has 0 radical (unpaired) electrons. The molecular formula is C18H17NOS. The first-order valence-electron chi connectivity index (χ1n) is 7.11. The lowest BCUT2D eigenvalue weighted by atomic mass is 10.1. The summed E-state index contributed by atoms with van der Waals surface area (Å²) in [4.78, 5) is 4.65. The van der Waals surface area contributed by atoms with Gasteiger partial charge in [-0.05, 0) is 24.1 Å². The summed E-state index contributed by atoms with van der Waals surface area (Å²) in [7, 11) is 0. The monoisotopic (exact) mass is 295 g/mol. The zero-order valence-electron chi connectivity index (χ0n) is 11.9. The van der Waals surface area contributed by atoms with Crippen molar-refractivity contribution in [3.63, 3.8) is 0 Å². The Balaban J connectivity index is 1.89. The van der Waals surface area contributed by atoms with Crippen molar-refractivity contribution in [1.82, 2.24) is 4.98 Å². The average Bonchev–Trinajstić information content (AvgIpc) is 2.98. The van der Waals surface area contributed by atoms with E-state index in [-0.39, 0.29) is 5.75 Å². The highest BCUT2D eigenvalue weighted by atomic mass is 32.1. The van der Waals surface area contributed by atoms with E-state index in [1.807, 2.05) is 23.6 Å². The van der Waals surface area contributed by atoms with Gasteiger partial charge in [-0.25, -0.2) is 4.98 Å². The van der Waals surface area contributed by atoms with Gasteiger partial charge in [0.05, 0.1) is 11.3 Å². The average molecular weight is 295 g/mol. The quantitative estimate of drug-likeness (QED) is 0.723. The highest BCUT2D eigenvalue weighted by Gasteiger charge is 2.09. The van der Waals surface area contributed by atoms with Crippen LogP contribution < -0.4 is 0 Å². The van der Waals surface area contributed by atoms with Crippen molar-refractivity contribution < 1.29 is 5.11 Å². The fourth-order valence-electron chi connectivity index (χ4n) is 2.32. The fourth-order valence-corrected chi connectivity index (χ4v) is 3.18. The lowest BCUT2D eigenvalue weighted by molar-refractivity contribution is 0.477. The number of thiazole rings is 1. The van der Waals surface area contributed by atoms with Crippen LogP contribution in [0.15, 0.2) is 53.9 Å². The second kappa shape index (κ2) is 6.10. The Morgan fingerprint density at radius 2 is 1.81 bits per heavy atom. The maximum atomic E-state index is 9.91. The second-order valence-corrected chi connectivity index (χ2v) is 5.86. The molecule has 106 valence electrons. The van der Waals surface area contributed by atoms with E-state index in [0.717, 1.165) is 34.7 Å². The number of phenolic OH excluding ortho intramolecular Hbond substituents is 1. The summed E-state index contributed by atoms with van der Waals surface area (Å²) >= 11 is 1.55. The van der Waals surface area contributed by atoms with E-state index < -0.39 is 0 Å². The molecule has 0 fully saturated rings. The molecule has 0 amide bonds. The smallest absolute Gasteiger partial charge is 0.127 e. The minimum Gasteiger partial charge on any atom is -0.507 e. The molecule has 0 saturated carbocycles.